The predicted molar refractivity (Wildman–Crippen MR) is 87.4 cm³/mol. The third kappa shape index (κ3) is 4.35. The highest BCUT2D eigenvalue weighted by molar-refractivity contribution is 5.81. The van der Waals surface area contributed by atoms with Crippen LogP contribution in [0.5, 0.6) is 0 Å². The van der Waals surface area contributed by atoms with E-state index in [0.29, 0.717) is 6.54 Å². The number of carbonyl (C=O) groups excluding carboxylic acids is 1. The second-order valence-electron chi connectivity index (χ2n) is 5.38. The van der Waals surface area contributed by atoms with Gasteiger partial charge in [0.15, 0.2) is 0 Å². The van der Waals surface area contributed by atoms with Crippen LogP contribution >= 0.6 is 0 Å². The number of nitrogens with one attached hydrogen (secondary N) is 2. The highest BCUT2D eigenvalue weighted by atomic mass is 16.1. The standard InChI is InChI=1S/C18H22N2O/c1-13-8-9-17(15(3)10-13)19-12-18(21)20-11-16-7-5-4-6-14(16)2/h4-10,19H,11-12H2,1-3H3,(H,20,21). The fraction of sp³-hybridized carbons (Fsp3) is 0.278. The van der Waals surface area contributed by atoms with Gasteiger partial charge >= 0.3 is 0 Å². The van der Waals surface area contributed by atoms with E-state index in [2.05, 4.69) is 36.6 Å². The van der Waals surface area contributed by atoms with Crippen molar-refractivity contribution in [1.82, 2.24) is 5.32 Å². The summed E-state index contributed by atoms with van der Waals surface area (Å²) < 4.78 is 0. The second-order valence-corrected chi connectivity index (χ2v) is 5.38. The minimum atomic E-state index is -0.00164. The molecule has 0 aliphatic carbocycles. The maximum Gasteiger partial charge on any atom is 0.239 e. The average molecular weight is 282 g/mol. The van der Waals surface area contributed by atoms with Crippen molar-refractivity contribution in [3.63, 3.8) is 0 Å². The molecule has 0 saturated carbocycles. The van der Waals surface area contributed by atoms with Crippen molar-refractivity contribution in [1.29, 1.82) is 0 Å². The van der Waals surface area contributed by atoms with Gasteiger partial charge in [-0.15, -0.1) is 0 Å². The Bertz CT molecular complexity index is 635. The van der Waals surface area contributed by atoms with E-state index in [9.17, 15) is 4.79 Å². The molecule has 21 heavy (non-hydrogen) atoms. The lowest BCUT2D eigenvalue weighted by Crippen LogP contribution is -2.29. The Balaban J connectivity index is 1.84. The van der Waals surface area contributed by atoms with Gasteiger partial charge in [0, 0.05) is 12.2 Å². The van der Waals surface area contributed by atoms with E-state index >= 15 is 0 Å². The van der Waals surface area contributed by atoms with E-state index in [-0.39, 0.29) is 12.5 Å². The minimum Gasteiger partial charge on any atom is -0.376 e. The predicted octanol–water partition coefficient (Wildman–Crippen LogP) is 3.34. The molecule has 0 bridgehead atoms. The molecule has 1 amide bonds. The Kier molecular flexibility index (Phi) is 4.99. The largest absolute Gasteiger partial charge is 0.376 e. The van der Waals surface area contributed by atoms with Gasteiger partial charge in [0.25, 0.3) is 0 Å². The summed E-state index contributed by atoms with van der Waals surface area (Å²) in [5, 5.41) is 6.12. The van der Waals surface area contributed by atoms with Crippen LogP contribution in [0.25, 0.3) is 0 Å². The van der Waals surface area contributed by atoms with Gasteiger partial charge in [0.05, 0.1) is 6.54 Å². The Morgan fingerprint density at radius 2 is 1.76 bits per heavy atom. The lowest BCUT2D eigenvalue weighted by Gasteiger charge is -2.11. The molecule has 2 rings (SSSR count). The Hall–Kier alpha value is -2.29. The first-order valence-electron chi connectivity index (χ1n) is 7.18. The van der Waals surface area contributed by atoms with Gasteiger partial charge in [0.1, 0.15) is 0 Å². The van der Waals surface area contributed by atoms with Crippen LogP contribution in [-0.2, 0) is 11.3 Å². The Morgan fingerprint density at radius 3 is 2.48 bits per heavy atom. The third-order valence-corrected chi connectivity index (χ3v) is 3.56. The van der Waals surface area contributed by atoms with Gasteiger partial charge in [-0.05, 0) is 43.5 Å². The van der Waals surface area contributed by atoms with E-state index in [1.807, 2.05) is 37.3 Å². The number of benzene rings is 2. The number of hydrogen-bond acceptors (Lipinski definition) is 2. The van der Waals surface area contributed by atoms with Crippen LogP contribution in [0.15, 0.2) is 42.5 Å². The van der Waals surface area contributed by atoms with E-state index in [1.165, 1.54) is 11.1 Å². The van der Waals surface area contributed by atoms with E-state index in [1.54, 1.807) is 0 Å². The zero-order valence-electron chi connectivity index (χ0n) is 12.9. The van der Waals surface area contributed by atoms with Gasteiger partial charge in [-0.1, -0.05) is 42.0 Å². The Morgan fingerprint density at radius 1 is 1.00 bits per heavy atom. The van der Waals surface area contributed by atoms with Crippen molar-refractivity contribution in [3.8, 4) is 0 Å². The van der Waals surface area contributed by atoms with Crippen LogP contribution < -0.4 is 10.6 Å². The molecule has 0 heterocycles. The van der Waals surface area contributed by atoms with E-state index in [0.717, 1.165) is 16.8 Å². The summed E-state index contributed by atoms with van der Waals surface area (Å²) in [5.74, 6) is -0.00164. The summed E-state index contributed by atoms with van der Waals surface area (Å²) >= 11 is 0. The zero-order valence-corrected chi connectivity index (χ0v) is 12.9. The summed E-state index contributed by atoms with van der Waals surface area (Å²) in [4.78, 5) is 11.9. The summed E-state index contributed by atoms with van der Waals surface area (Å²) in [7, 11) is 0. The van der Waals surface area contributed by atoms with Crippen LogP contribution in [0.4, 0.5) is 5.69 Å². The highest BCUT2D eigenvalue weighted by Crippen LogP contribution is 2.15. The summed E-state index contributed by atoms with van der Waals surface area (Å²) in [6.45, 7) is 7.01. The van der Waals surface area contributed by atoms with Crippen LogP contribution in [-0.4, -0.2) is 12.5 Å². The van der Waals surface area contributed by atoms with Crippen molar-refractivity contribution in [2.75, 3.05) is 11.9 Å². The molecule has 0 radical (unpaired) electrons. The quantitative estimate of drug-likeness (QED) is 0.883. The van der Waals surface area contributed by atoms with Crippen molar-refractivity contribution < 1.29 is 4.79 Å². The van der Waals surface area contributed by atoms with Gasteiger partial charge < -0.3 is 10.6 Å². The molecule has 3 heteroatoms. The van der Waals surface area contributed by atoms with E-state index < -0.39 is 0 Å². The maximum absolute atomic E-state index is 11.9. The Labute approximate surface area is 126 Å². The molecule has 3 nitrogen and oxygen atoms in total. The maximum atomic E-state index is 11.9. The minimum absolute atomic E-state index is 0.00164. The number of carbonyl (C=O) groups is 1. The van der Waals surface area contributed by atoms with Crippen molar-refractivity contribution in [3.05, 3.63) is 64.7 Å². The van der Waals surface area contributed by atoms with E-state index in [4.69, 9.17) is 0 Å². The number of amides is 1. The molecule has 0 unspecified atom stereocenters. The SMILES string of the molecule is Cc1ccc(NCC(=O)NCc2ccccc2C)c(C)c1. The van der Waals surface area contributed by atoms with Gasteiger partial charge in [0.2, 0.25) is 5.91 Å². The number of aryl methyl sites for hydroxylation is 3. The molecule has 2 aromatic rings. The smallest absolute Gasteiger partial charge is 0.239 e. The fourth-order valence-electron chi connectivity index (χ4n) is 2.25. The summed E-state index contributed by atoms with van der Waals surface area (Å²) in [5.41, 5.74) is 5.73. The van der Waals surface area contributed by atoms with Crippen LogP contribution in [0.2, 0.25) is 0 Å². The van der Waals surface area contributed by atoms with Crippen LogP contribution in [0, 0.1) is 20.8 Å². The molecule has 110 valence electrons. The molecular weight excluding hydrogens is 260 g/mol. The monoisotopic (exact) mass is 282 g/mol. The van der Waals surface area contributed by atoms with Crippen molar-refractivity contribution in [2.45, 2.75) is 27.3 Å². The number of anilines is 1. The van der Waals surface area contributed by atoms with Gasteiger partial charge in [-0.3, -0.25) is 4.79 Å². The first kappa shape index (κ1) is 15.1. The first-order valence-corrected chi connectivity index (χ1v) is 7.18. The lowest BCUT2D eigenvalue weighted by molar-refractivity contribution is -0.119. The molecule has 0 fully saturated rings. The summed E-state index contributed by atoms with van der Waals surface area (Å²) in [6.07, 6.45) is 0. The van der Waals surface area contributed by atoms with Crippen LogP contribution in [0.3, 0.4) is 0 Å². The lowest BCUT2D eigenvalue weighted by atomic mass is 10.1. The molecule has 0 saturated heterocycles. The van der Waals surface area contributed by atoms with Crippen molar-refractivity contribution in [2.24, 2.45) is 0 Å². The highest BCUT2D eigenvalue weighted by Gasteiger charge is 2.04. The summed E-state index contributed by atoms with van der Waals surface area (Å²) in [6, 6.07) is 14.2. The van der Waals surface area contributed by atoms with Gasteiger partial charge in [-0.25, -0.2) is 0 Å². The van der Waals surface area contributed by atoms with Crippen LogP contribution in [0.1, 0.15) is 22.3 Å². The molecular formula is C18H22N2O. The molecule has 0 atom stereocenters. The third-order valence-electron chi connectivity index (χ3n) is 3.56. The number of hydrogen-bond donors (Lipinski definition) is 2. The molecule has 0 aromatic heterocycles. The fourth-order valence-corrected chi connectivity index (χ4v) is 2.25. The number of rotatable bonds is 5. The second kappa shape index (κ2) is 6.93. The normalized spacial score (nSPS) is 10.2. The van der Waals surface area contributed by atoms with Crippen molar-refractivity contribution >= 4 is 11.6 Å². The molecule has 2 aromatic carbocycles. The van der Waals surface area contributed by atoms with Gasteiger partial charge in [-0.2, -0.15) is 0 Å². The molecule has 0 spiro atoms. The molecule has 0 aliphatic heterocycles. The zero-order chi connectivity index (χ0) is 15.2. The molecule has 0 aliphatic rings. The first-order chi connectivity index (χ1) is 10.1. The molecule has 2 N–H and O–H groups in total. The topological polar surface area (TPSA) is 41.1 Å². The average Bonchev–Trinajstić information content (AvgIpc) is 2.45.